The van der Waals surface area contributed by atoms with Gasteiger partial charge in [-0.1, -0.05) is 24.6 Å². The molecule has 2 rings (SSSR count). The molecule has 0 amide bonds. The molecule has 1 heterocycles. The molecular weight excluding hydrogens is 286 g/mol. The first kappa shape index (κ1) is 15.2. The molecule has 6 heteroatoms. The van der Waals surface area contributed by atoms with E-state index in [2.05, 4.69) is 22.4 Å². The van der Waals surface area contributed by atoms with Crippen LogP contribution in [0.5, 0.6) is 0 Å². The number of anilines is 2. The first-order chi connectivity index (χ1) is 10.2. The van der Waals surface area contributed by atoms with Gasteiger partial charge in [-0.05, 0) is 30.9 Å². The molecular formula is C15H16ClN5. The molecule has 0 aromatic heterocycles. The maximum atomic E-state index is 8.73. The number of piperidine rings is 1. The molecule has 1 N–H and O–H groups in total. The highest BCUT2D eigenvalue weighted by Gasteiger charge is 2.20. The first-order valence-corrected chi connectivity index (χ1v) is 7.21. The second-order valence-electron chi connectivity index (χ2n) is 5.10. The minimum Gasteiger partial charge on any atom is -0.369 e. The van der Waals surface area contributed by atoms with Crippen LogP contribution in [-0.4, -0.2) is 18.8 Å². The van der Waals surface area contributed by atoms with Crippen molar-refractivity contribution >= 4 is 28.7 Å². The molecule has 0 aliphatic carbocycles. The van der Waals surface area contributed by atoms with Crippen molar-refractivity contribution < 1.29 is 0 Å². The average Bonchev–Trinajstić information content (AvgIpc) is 2.50. The summed E-state index contributed by atoms with van der Waals surface area (Å²) in [6.07, 6.45) is 2.24. The lowest BCUT2D eigenvalue weighted by molar-refractivity contribution is 0.438. The highest BCUT2D eigenvalue weighted by atomic mass is 35.5. The number of hydrogen-bond donors (Lipinski definition) is 1. The number of nitrogens with one attached hydrogen (secondary N) is 1. The number of hydrazone groups is 1. The summed E-state index contributed by atoms with van der Waals surface area (Å²) in [6.45, 7) is 4.12. The van der Waals surface area contributed by atoms with Crippen molar-refractivity contribution in [2.24, 2.45) is 11.0 Å². The number of benzene rings is 1. The normalized spacial score (nSPS) is 15.0. The van der Waals surface area contributed by atoms with E-state index in [0.717, 1.165) is 37.5 Å². The molecule has 1 aliphatic rings. The third kappa shape index (κ3) is 3.65. The van der Waals surface area contributed by atoms with Crippen LogP contribution in [0.1, 0.15) is 19.8 Å². The van der Waals surface area contributed by atoms with Crippen LogP contribution in [0, 0.1) is 28.6 Å². The number of rotatable bonds is 3. The van der Waals surface area contributed by atoms with Gasteiger partial charge in [-0.15, -0.1) is 0 Å². The predicted molar refractivity (Wildman–Crippen MR) is 84.3 cm³/mol. The van der Waals surface area contributed by atoms with Crippen LogP contribution in [0.2, 0.25) is 5.02 Å². The second-order valence-corrected chi connectivity index (χ2v) is 5.51. The van der Waals surface area contributed by atoms with Crippen LogP contribution in [0.25, 0.3) is 0 Å². The van der Waals surface area contributed by atoms with E-state index in [1.54, 1.807) is 12.1 Å². The Morgan fingerprint density at radius 1 is 1.33 bits per heavy atom. The van der Waals surface area contributed by atoms with Gasteiger partial charge >= 0.3 is 0 Å². The monoisotopic (exact) mass is 301 g/mol. The highest BCUT2D eigenvalue weighted by Crippen LogP contribution is 2.36. The maximum Gasteiger partial charge on any atom is 0.237 e. The van der Waals surface area contributed by atoms with E-state index in [1.165, 1.54) is 0 Å². The molecule has 108 valence electrons. The summed E-state index contributed by atoms with van der Waals surface area (Å²) in [5, 5.41) is 21.9. The van der Waals surface area contributed by atoms with Gasteiger partial charge in [0.25, 0.3) is 0 Å². The number of hydrogen-bond acceptors (Lipinski definition) is 5. The van der Waals surface area contributed by atoms with E-state index < -0.39 is 0 Å². The summed E-state index contributed by atoms with van der Waals surface area (Å²) in [5.41, 5.74) is 4.15. The van der Waals surface area contributed by atoms with E-state index >= 15 is 0 Å². The zero-order valence-electron chi connectivity index (χ0n) is 11.8. The maximum absolute atomic E-state index is 8.73. The molecule has 1 aromatic rings. The van der Waals surface area contributed by atoms with Gasteiger partial charge in [-0.3, -0.25) is 5.43 Å². The van der Waals surface area contributed by atoms with Crippen molar-refractivity contribution in [1.82, 2.24) is 0 Å². The van der Waals surface area contributed by atoms with Gasteiger partial charge in [0.05, 0.1) is 16.4 Å². The number of nitriles is 2. The Kier molecular flexibility index (Phi) is 5.03. The summed E-state index contributed by atoms with van der Waals surface area (Å²) < 4.78 is 0. The van der Waals surface area contributed by atoms with Gasteiger partial charge < -0.3 is 4.90 Å². The molecule has 21 heavy (non-hydrogen) atoms. The second kappa shape index (κ2) is 6.97. The summed E-state index contributed by atoms with van der Waals surface area (Å²) in [4.78, 5) is 2.22. The molecule has 1 aliphatic heterocycles. The molecule has 1 saturated heterocycles. The average molecular weight is 302 g/mol. The van der Waals surface area contributed by atoms with Gasteiger partial charge in [-0.25, -0.2) is 0 Å². The summed E-state index contributed by atoms with van der Waals surface area (Å²) >= 11 is 6.32. The topological polar surface area (TPSA) is 75.2 Å². The van der Waals surface area contributed by atoms with Crippen molar-refractivity contribution in [2.75, 3.05) is 23.4 Å². The fourth-order valence-electron chi connectivity index (χ4n) is 2.35. The zero-order valence-corrected chi connectivity index (χ0v) is 12.6. The van der Waals surface area contributed by atoms with Crippen molar-refractivity contribution in [1.29, 1.82) is 10.5 Å². The third-order valence-electron chi connectivity index (χ3n) is 3.59. The first-order valence-electron chi connectivity index (χ1n) is 6.83. The van der Waals surface area contributed by atoms with Crippen LogP contribution in [-0.2, 0) is 0 Å². The zero-order chi connectivity index (χ0) is 15.2. The van der Waals surface area contributed by atoms with Gasteiger partial charge in [0.1, 0.15) is 12.1 Å². The molecule has 0 saturated carbocycles. The number of nitrogens with zero attached hydrogens (tertiary/aromatic N) is 4. The van der Waals surface area contributed by atoms with E-state index in [0.29, 0.717) is 10.7 Å². The van der Waals surface area contributed by atoms with E-state index in [9.17, 15) is 0 Å². The highest BCUT2D eigenvalue weighted by molar-refractivity contribution is 6.34. The fraction of sp³-hybridized carbons (Fsp3) is 0.400. The quantitative estimate of drug-likeness (QED) is 0.686. The Bertz CT molecular complexity index is 602. The van der Waals surface area contributed by atoms with E-state index in [4.69, 9.17) is 22.1 Å². The van der Waals surface area contributed by atoms with Gasteiger partial charge in [0.15, 0.2) is 0 Å². The standard InChI is InChI=1S/C15H16ClN5/c1-11-5-7-21(8-6-11)15-13(16)3-2-4-14(15)20-19-12(9-17)10-18/h2-4,11,20H,5-8H2,1H3. The Morgan fingerprint density at radius 3 is 2.62 bits per heavy atom. The van der Waals surface area contributed by atoms with E-state index in [1.807, 2.05) is 18.2 Å². The molecule has 1 aromatic carbocycles. The van der Waals surface area contributed by atoms with Crippen LogP contribution >= 0.6 is 11.6 Å². The van der Waals surface area contributed by atoms with Crippen LogP contribution in [0.3, 0.4) is 0 Å². The Morgan fingerprint density at radius 2 is 2.00 bits per heavy atom. The minimum atomic E-state index is -0.215. The minimum absolute atomic E-state index is 0.215. The SMILES string of the molecule is CC1CCN(c2c(Cl)cccc2NN=C(C#N)C#N)CC1. The lowest BCUT2D eigenvalue weighted by Crippen LogP contribution is -2.33. The van der Waals surface area contributed by atoms with Crippen molar-refractivity contribution in [2.45, 2.75) is 19.8 Å². The Hall–Kier alpha value is -2.24. The Balaban J connectivity index is 2.27. The van der Waals surface area contributed by atoms with Crippen LogP contribution < -0.4 is 10.3 Å². The largest absolute Gasteiger partial charge is 0.369 e. The lowest BCUT2D eigenvalue weighted by Gasteiger charge is -2.33. The molecule has 0 radical (unpaired) electrons. The van der Waals surface area contributed by atoms with Crippen molar-refractivity contribution in [3.63, 3.8) is 0 Å². The summed E-state index contributed by atoms with van der Waals surface area (Å²) in [7, 11) is 0. The molecule has 1 fully saturated rings. The smallest absolute Gasteiger partial charge is 0.237 e. The van der Waals surface area contributed by atoms with Crippen molar-refractivity contribution in [3.8, 4) is 12.1 Å². The number of halogens is 1. The van der Waals surface area contributed by atoms with Crippen molar-refractivity contribution in [3.05, 3.63) is 23.2 Å². The summed E-state index contributed by atoms with van der Waals surface area (Å²) in [5.74, 6) is 0.724. The molecule has 0 bridgehead atoms. The molecule has 0 unspecified atom stereocenters. The van der Waals surface area contributed by atoms with E-state index in [-0.39, 0.29) is 5.71 Å². The van der Waals surface area contributed by atoms with Crippen LogP contribution in [0.15, 0.2) is 23.3 Å². The Labute approximate surface area is 129 Å². The fourth-order valence-corrected chi connectivity index (χ4v) is 2.64. The predicted octanol–water partition coefficient (Wildman–Crippen LogP) is 3.39. The summed E-state index contributed by atoms with van der Waals surface area (Å²) in [6, 6.07) is 8.93. The number of para-hydroxylation sites is 1. The van der Waals surface area contributed by atoms with Gasteiger partial charge in [0, 0.05) is 13.1 Å². The third-order valence-corrected chi connectivity index (χ3v) is 3.89. The van der Waals surface area contributed by atoms with Gasteiger partial charge in [-0.2, -0.15) is 15.6 Å². The molecule has 5 nitrogen and oxygen atoms in total. The molecule has 0 atom stereocenters. The van der Waals surface area contributed by atoms with Gasteiger partial charge in [0.2, 0.25) is 5.71 Å². The molecule has 0 spiro atoms. The van der Waals surface area contributed by atoms with Crippen LogP contribution in [0.4, 0.5) is 11.4 Å². The lowest BCUT2D eigenvalue weighted by atomic mass is 9.98.